The molecule has 1 aromatic carbocycles. The third-order valence-corrected chi connectivity index (χ3v) is 3.03. The second-order valence-electron chi connectivity index (χ2n) is 3.76. The van der Waals surface area contributed by atoms with Crippen LogP contribution in [0.1, 0.15) is 16.3 Å². The van der Waals surface area contributed by atoms with Crippen LogP contribution < -0.4 is 5.32 Å². The van der Waals surface area contributed by atoms with Crippen molar-refractivity contribution in [1.82, 2.24) is 0 Å². The molecule has 0 saturated carbocycles. The highest BCUT2D eigenvalue weighted by Gasteiger charge is 2.05. The Bertz CT molecular complexity index is 570. The molecule has 1 heterocycles. The van der Waals surface area contributed by atoms with Gasteiger partial charge in [0.15, 0.2) is 5.76 Å². The molecule has 0 atom stereocenters. The summed E-state index contributed by atoms with van der Waals surface area (Å²) in [4.78, 5) is 11.7. The zero-order valence-electron chi connectivity index (χ0n) is 9.81. The Morgan fingerprint density at radius 1 is 1.22 bits per heavy atom. The maximum absolute atomic E-state index is 11.7. The first-order valence-electron chi connectivity index (χ1n) is 5.44. The molecule has 0 spiro atoms. The molecule has 1 N–H and O–H groups in total. The highest BCUT2D eigenvalue weighted by molar-refractivity contribution is 14.1. The van der Waals surface area contributed by atoms with Crippen molar-refractivity contribution in [2.24, 2.45) is 0 Å². The lowest BCUT2D eigenvalue weighted by Crippen LogP contribution is -1.94. The molecular weight excluding hydrogens is 341 g/mol. The lowest BCUT2D eigenvalue weighted by atomic mass is 10.3. The first kappa shape index (κ1) is 12.9. The summed E-state index contributed by atoms with van der Waals surface area (Å²) < 4.78 is 6.40. The largest absolute Gasteiger partial charge is 0.458 e. The lowest BCUT2D eigenvalue weighted by molar-refractivity contribution is 0.102. The van der Waals surface area contributed by atoms with Crippen LogP contribution in [-0.2, 0) is 0 Å². The van der Waals surface area contributed by atoms with Gasteiger partial charge in [-0.1, -0.05) is 0 Å². The van der Waals surface area contributed by atoms with E-state index in [0.717, 1.165) is 11.4 Å². The van der Waals surface area contributed by atoms with Crippen molar-refractivity contribution in [3.63, 3.8) is 0 Å². The number of hydrogen-bond acceptors (Lipinski definition) is 3. The van der Waals surface area contributed by atoms with E-state index in [1.54, 1.807) is 18.3 Å². The number of nitrogens with one attached hydrogen (secondary N) is 1. The molecule has 0 radical (unpaired) electrons. The Labute approximate surface area is 119 Å². The molecule has 0 saturated heterocycles. The van der Waals surface area contributed by atoms with Gasteiger partial charge >= 0.3 is 0 Å². The summed E-state index contributed by atoms with van der Waals surface area (Å²) in [7, 11) is 0. The Hall–Kier alpha value is -1.56. The van der Waals surface area contributed by atoms with Crippen LogP contribution in [0, 0.1) is 10.5 Å². The molecular formula is C14H12INO2. The number of halogens is 1. The van der Waals surface area contributed by atoms with Gasteiger partial charge in [0.25, 0.3) is 0 Å². The van der Waals surface area contributed by atoms with Crippen molar-refractivity contribution in [2.75, 3.05) is 5.32 Å². The van der Waals surface area contributed by atoms with Crippen LogP contribution in [0.5, 0.6) is 0 Å². The van der Waals surface area contributed by atoms with Crippen LogP contribution >= 0.6 is 22.6 Å². The van der Waals surface area contributed by atoms with E-state index in [1.807, 2.05) is 31.2 Å². The van der Waals surface area contributed by atoms with E-state index in [9.17, 15) is 4.79 Å². The van der Waals surface area contributed by atoms with Crippen LogP contribution in [0.3, 0.4) is 0 Å². The maximum atomic E-state index is 11.7. The van der Waals surface area contributed by atoms with Gasteiger partial charge in [-0.3, -0.25) is 4.79 Å². The SMILES string of the molecule is Cc1ccc(C(=O)C=CNc2ccc(I)cc2)o1. The molecule has 0 bridgehead atoms. The maximum Gasteiger partial charge on any atom is 0.222 e. The number of benzene rings is 1. The Morgan fingerprint density at radius 3 is 2.56 bits per heavy atom. The normalized spacial score (nSPS) is 10.8. The number of ketones is 1. The van der Waals surface area contributed by atoms with Crippen molar-refractivity contribution >= 4 is 34.1 Å². The molecule has 0 aliphatic carbocycles. The monoisotopic (exact) mass is 353 g/mol. The number of carbonyl (C=O) groups is 1. The van der Waals surface area contributed by atoms with E-state index in [2.05, 4.69) is 27.9 Å². The van der Waals surface area contributed by atoms with Gasteiger partial charge in [-0.15, -0.1) is 0 Å². The van der Waals surface area contributed by atoms with Gasteiger partial charge in [0.1, 0.15) is 5.76 Å². The summed E-state index contributed by atoms with van der Waals surface area (Å²) in [5, 5.41) is 3.03. The smallest absolute Gasteiger partial charge is 0.222 e. The minimum Gasteiger partial charge on any atom is -0.458 e. The third kappa shape index (κ3) is 3.46. The van der Waals surface area contributed by atoms with Gasteiger partial charge in [-0.05, 0) is 65.9 Å². The fourth-order valence-electron chi connectivity index (χ4n) is 1.41. The summed E-state index contributed by atoms with van der Waals surface area (Å²) in [5.41, 5.74) is 0.940. The lowest BCUT2D eigenvalue weighted by Gasteiger charge is -1.99. The predicted octanol–water partition coefficient (Wildman–Crippen LogP) is 4.00. The Balaban J connectivity index is 1.95. The summed E-state index contributed by atoms with van der Waals surface area (Å²) in [6.07, 6.45) is 3.07. The summed E-state index contributed by atoms with van der Waals surface area (Å²) in [6, 6.07) is 11.3. The average molecular weight is 353 g/mol. The molecule has 0 fully saturated rings. The number of anilines is 1. The molecule has 0 aliphatic rings. The molecule has 2 rings (SSSR count). The van der Waals surface area contributed by atoms with Crippen molar-refractivity contribution < 1.29 is 9.21 Å². The molecule has 0 unspecified atom stereocenters. The van der Waals surface area contributed by atoms with E-state index in [1.165, 1.54) is 9.65 Å². The standard InChI is InChI=1S/C14H12INO2/c1-10-2-7-14(18-10)13(17)8-9-16-12-5-3-11(15)4-6-12/h2-9,16H,1H3. The molecule has 4 heteroatoms. The van der Waals surface area contributed by atoms with Crippen LogP contribution in [0.2, 0.25) is 0 Å². The minimum absolute atomic E-state index is 0.152. The average Bonchev–Trinajstić information content (AvgIpc) is 2.78. The van der Waals surface area contributed by atoms with Crippen molar-refractivity contribution in [3.05, 3.63) is 63.8 Å². The molecule has 3 nitrogen and oxygen atoms in total. The number of carbonyl (C=O) groups excluding carboxylic acids is 1. The molecule has 2 aromatic rings. The van der Waals surface area contributed by atoms with Gasteiger partial charge in [0.05, 0.1) is 0 Å². The topological polar surface area (TPSA) is 42.2 Å². The van der Waals surface area contributed by atoms with Gasteiger partial charge in [-0.25, -0.2) is 0 Å². The van der Waals surface area contributed by atoms with Crippen molar-refractivity contribution in [3.8, 4) is 0 Å². The van der Waals surface area contributed by atoms with Crippen molar-refractivity contribution in [2.45, 2.75) is 6.92 Å². The second-order valence-corrected chi connectivity index (χ2v) is 5.00. The van der Waals surface area contributed by atoms with E-state index >= 15 is 0 Å². The fraction of sp³-hybridized carbons (Fsp3) is 0.0714. The molecule has 0 aliphatic heterocycles. The van der Waals surface area contributed by atoms with Crippen LogP contribution in [-0.4, -0.2) is 5.78 Å². The number of rotatable bonds is 4. The number of aryl methyl sites for hydroxylation is 1. The van der Waals surface area contributed by atoms with Crippen LogP contribution in [0.15, 0.2) is 53.1 Å². The number of hydrogen-bond donors (Lipinski definition) is 1. The quantitative estimate of drug-likeness (QED) is 0.513. The highest BCUT2D eigenvalue weighted by Crippen LogP contribution is 2.11. The zero-order chi connectivity index (χ0) is 13.0. The minimum atomic E-state index is -0.152. The van der Waals surface area contributed by atoms with Gasteiger partial charge in [-0.2, -0.15) is 0 Å². The molecule has 1 aromatic heterocycles. The van der Waals surface area contributed by atoms with E-state index in [0.29, 0.717) is 5.76 Å². The van der Waals surface area contributed by atoms with Crippen molar-refractivity contribution in [1.29, 1.82) is 0 Å². The fourth-order valence-corrected chi connectivity index (χ4v) is 1.77. The van der Waals surface area contributed by atoms with Gasteiger partial charge in [0, 0.05) is 21.5 Å². The molecule has 18 heavy (non-hydrogen) atoms. The van der Waals surface area contributed by atoms with E-state index < -0.39 is 0 Å². The number of furan rings is 1. The summed E-state index contributed by atoms with van der Waals surface area (Å²) in [5.74, 6) is 0.937. The van der Waals surface area contributed by atoms with Gasteiger partial charge in [0.2, 0.25) is 5.78 Å². The van der Waals surface area contributed by atoms with Crippen LogP contribution in [0.25, 0.3) is 0 Å². The Kier molecular flexibility index (Phi) is 4.19. The predicted molar refractivity (Wildman–Crippen MR) is 79.7 cm³/mol. The van der Waals surface area contributed by atoms with E-state index in [-0.39, 0.29) is 5.78 Å². The van der Waals surface area contributed by atoms with Crippen LogP contribution in [0.4, 0.5) is 5.69 Å². The van der Waals surface area contributed by atoms with Gasteiger partial charge < -0.3 is 9.73 Å². The second kappa shape index (κ2) is 5.86. The highest BCUT2D eigenvalue weighted by atomic mass is 127. The molecule has 92 valence electrons. The summed E-state index contributed by atoms with van der Waals surface area (Å²) in [6.45, 7) is 1.81. The summed E-state index contributed by atoms with van der Waals surface area (Å²) >= 11 is 2.24. The first-order chi connectivity index (χ1) is 8.65. The number of allylic oxidation sites excluding steroid dienone is 1. The first-order valence-corrected chi connectivity index (χ1v) is 6.52. The zero-order valence-corrected chi connectivity index (χ0v) is 12.0. The Morgan fingerprint density at radius 2 is 1.94 bits per heavy atom. The third-order valence-electron chi connectivity index (χ3n) is 2.31. The van der Waals surface area contributed by atoms with E-state index in [4.69, 9.17) is 4.42 Å². The molecule has 0 amide bonds.